The molecule has 1 atom stereocenters. The van der Waals surface area contributed by atoms with Gasteiger partial charge >= 0.3 is 0 Å². The highest BCUT2D eigenvalue weighted by Gasteiger charge is 2.21. The third-order valence-electron chi connectivity index (χ3n) is 6.98. The van der Waals surface area contributed by atoms with Crippen molar-refractivity contribution in [2.24, 2.45) is 5.92 Å². The van der Waals surface area contributed by atoms with Gasteiger partial charge in [-0.25, -0.2) is 0 Å². The molecule has 1 heterocycles. The van der Waals surface area contributed by atoms with Gasteiger partial charge in [-0.05, 0) is 67.6 Å². The third kappa shape index (κ3) is 8.17. The van der Waals surface area contributed by atoms with Gasteiger partial charge in [0.05, 0.1) is 12.6 Å². The largest absolute Gasteiger partial charge is 0.394 e. The highest BCUT2D eigenvalue weighted by atomic mass is 16.3. The van der Waals surface area contributed by atoms with Crippen LogP contribution in [0, 0.1) is 5.92 Å². The summed E-state index contributed by atoms with van der Waals surface area (Å²) in [5.74, 6) is 0.420. The molecular formula is C30H43N3O3. The molecule has 2 amide bonds. The van der Waals surface area contributed by atoms with Gasteiger partial charge in [-0.1, -0.05) is 63.4 Å². The standard InChI is InChI=1S/C30H43N3O3/c1-23(2)16-19-32-17-10-5-4-6-11-18-33(24(3)35)29-15-14-26(20-27(29)21-32)30(36)31-28(22-34)25-12-8-7-9-13-25/h7-9,12-15,20,23,28,34H,4-6,10-11,16-19,21-22H2,1-3H3,(H,31,36)/t28-/m1/s1. The molecule has 196 valence electrons. The molecule has 2 N–H and O–H groups in total. The molecule has 6 heteroatoms. The number of aliphatic hydroxyl groups excluding tert-OH is 1. The molecule has 1 aliphatic rings. The second-order valence-corrected chi connectivity index (χ2v) is 10.4. The zero-order valence-electron chi connectivity index (χ0n) is 22.2. The monoisotopic (exact) mass is 493 g/mol. The van der Waals surface area contributed by atoms with Gasteiger partial charge < -0.3 is 15.3 Å². The van der Waals surface area contributed by atoms with Gasteiger partial charge in [0.15, 0.2) is 0 Å². The summed E-state index contributed by atoms with van der Waals surface area (Å²) in [7, 11) is 0. The van der Waals surface area contributed by atoms with Gasteiger partial charge in [0.1, 0.15) is 0 Å². The third-order valence-corrected chi connectivity index (χ3v) is 6.98. The van der Waals surface area contributed by atoms with Crippen LogP contribution in [0.25, 0.3) is 0 Å². The van der Waals surface area contributed by atoms with E-state index in [-0.39, 0.29) is 18.4 Å². The second kappa shape index (κ2) is 14.1. The van der Waals surface area contributed by atoms with Crippen LogP contribution in [0.2, 0.25) is 0 Å². The second-order valence-electron chi connectivity index (χ2n) is 10.4. The summed E-state index contributed by atoms with van der Waals surface area (Å²) in [6.07, 6.45) is 6.78. The molecule has 0 fully saturated rings. The molecule has 0 unspecified atom stereocenters. The summed E-state index contributed by atoms with van der Waals surface area (Å²) in [4.78, 5) is 30.2. The Morgan fingerprint density at radius 3 is 2.33 bits per heavy atom. The average molecular weight is 494 g/mol. The minimum atomic E-state index is -0.476. The maximum atomic E-state index is 13.2. The first kappa shape index (κ1) is 27.9. The van der Waals surface area contributed by atoms with E-state index in [1.807, 2.05) is 47.4 Å². The number of amides is 2. The van der Waals surface area contributed by atoms with Gasteiger partial charge in [-0.2, -0.15) is 0 Å². The molecule has 2 aromatic carbocycles. The fraction of sp³-hybridized carbons (Fsp3) is 0.533. The molecule has 3 rings (SSSR count). The summed E-state index contributed by atoms with van der Waals surface area (Å²) in [6, 6.07) is 14.7. The maximum Gasteiger partial charge on any atom is 0.251 e. The van der Waals surface area contributed by atoms with Crippen LogP contribution in [-0.4, -0.2) is 48.1 Å². The van der Waals surface area contributed by atoms with E-state index in [0.717, 1.165) is 49.2 Å². The summed E-state index contributed by atoms with van der Waals surface area (Å²) < 4.78 is 0. The molecule has 0 radical (unpaired) electrons. The fourth-order valence-electron chi connectivity index (χ4n) is 4.81. The van der Waals surface area contributed by atoms with Crippen molar-refractivity contribution in [3.8, 4) is 0 Å². The van der Waals surface area contributed by atoms with Crippen LogP contribution < -0.4 is 10.2 Å². The van der Waals surface area contributed by atoms with Crippen molar-refractivity contribution in [1.29, 1.82) is 0 Å². The topological polar surface area (TPSA) is 72.9 Å². The summed E-state index contributed by atoms with van der Waals surface area (Å²) in [5, 5.41) is 12.9. The number of benzene rings is 2. The van der Waals surface area contributed by atoms with Crippen molar-refractivity contribution in [2.45, 2.75) is 71.9 Å². The van der Waals surface area contributed by atoms with E-state index < -0.39 is 6.04 Å². The van der Waals surface area contributed by atoms with E-state index in [1.165, 1.54) is 19.3 Å². The quantitative estimate of drug-likeness (QED) is 0.548. The molecule has 0 aromatic heterocycles. The van der Waals surface area contributed by atoms with Crippen LogP contribution in [0.4, 0.5) is 5.69 Å². The van der Waals surface area contributed by atoms with Crippen molar-refractivity contribution in [2.75, 3.05) is 31.1 Å². The fourth-order valence-corrected chi connectivity index (χ4v) is 4.81. The van der Waals surface area contributed by atoms with Gasteiger partial charge in [0.25, 0.3) is 5.91 Å². The molecule has 0 spiro atoms. The SMILES string of the molecule is CC(=O)N1CCCCCCCN(CCC(C)C)Cc2cc(C(=O)N[C@H](CO)c3ccccc3)ccc21. The summed E-state index contributed by atoms with van der Waals surface area (Å²) >= 11 is 0. The van der Waals surface area contributed by atoms with Crippen LogP contribution in [-0.2, 0) is 11.3 Å². The van der Waals surface area contributed by atoms with Crippen molar-refractivity contribution in [3.05, 3.63) is 65.2 Å². The molecule has 36 heavy (non-hydrogen) atoms. The number of carbonyl (C=O) groups excluding carboxylic acids is 2. The number of anilines is 1. The predicted octanol–water partition coefficient (Wildman–Crippen LogP) is 5.32. The number of carbonyl (C=O) groups is 2. The van der Waals surface area contributed by atoms with E-state index in [2.05, 4.69) is 24.1 Å². The van der Waals surface area contributed by atoms with Crippen molar-refractivity contribution >= 4 is 17.5 Å². The normalized spacial score (nSPS) is 16.5. The lowest BCUT2D eigenvalue weighted by atomic mass is 10.0. The van der Waals surface area contributed by atoms with Crippen LogP contribution in [0.1, 0.15) is 86.8 Å². The number of hydrogen-bond donors (Lipinski definition) is 2. The number of nitrogens with one attached hydrogen (secondary N) is 1. The number of fused-ring (bicyclic) bond motifs is 1. The smallest absolute Gasteiger partial charge is 0.251 e. The predicted molar refractivity (Wildman–Crippen MR) is 146 cm³/mol. The number of rotatable bonds is 7. The lowest BCUT2D eigenvalue weighted by molar-refractivity contribution is -0.116. The van der Waals surface area contributed by atoms with E-state index in [1.54, 1.807) is 13.0 Å². The minimum Gasteiger partial charge on any atom is -0.394 e. The molecule has 2 aromatic rings. The van der Waals surface area contributed by atoms with Gasteiger partial charge in [-0.15, -0.1) is 0 Å². The number of hydrogen-bond acceptors (Lipinski definition) is 4. The van der Waals surface area contributed by atoms with Crippen molar-refractivity contribution in [3.63, 3.8) is 0 Å². The highest BCUT2D eigenvalue weighted by Crippen LogP contribution is 2.27. The summed E-state index contributed by atoms with van der Waals surface area (Å²) in [6.45, 7) is 9.34. The Morgan fingerprint density at radius 1 is 0.972 bits per heavy atom. The average Bonchev–Trinajstić information content (AvgIpc) is 2.86. The zero-order chi connectivity index (χ0) is 25.9. The molecule has 0 aliphatic carbocycles. The Morgan fingerprint density at radius 2 is 1.67 bits per heavy atom. The Balaban J connectivity index is 1.92. The Labute approximate surface area is 216 Å². The number of aliphatic hydroxyl groups is 1. The van der Waals surface area contributed by atoms with Gasteiger partial charge in [0, 0.05) is 31.3 Å². The van der Waals surface area contributed by atoms with Crippen LogP contribution in [0.15, 0.2) is 48.5 Å². The maximum absolute atomic E-state index is 13.2. The first-order valence-corrected chi connectivity index (χ1v) is 13.5. The Hall–Kier alpha value is -2.70. The van der Waals surface area contributed by atoms with Crippen molar-refractivity contribution in [1.82, 2.24) is 10.2 Å². The van der Waals surface area contributed by atoms with Crippen LogP contribution in [0.3, 0.4) is 0 Å². The summed E-state index contributed by atoms with van der Waals surface area (Å²) in [5.41, 5.74) is 3.31. The molecular weight excluding hydrogens is 450 g/mol. The van der Waals surface area contributed by atoms with Gasteiger partial charge in [-0.3, -0.25) is 14.5 Å². The van der Waals surface area contributed by atoms with E-state index >= 15 is 0 Å². The minimum absolute atomic E-state index is 0.0312. The lowest BCUT2D eigenvalue weighted by Crippen LogP contribution is -2.34. The first-order valence-electron chi connectivity index (χ1n) is 13.5. The first-order chi connectivity index (χ1) is 17.4. The van der Waals surface area contributed by atoms with E-state index in [9.17, 15) is 14.7 Å². The molecule has 0 bridgehead atoms. The van der Waals surface area contributed by atoms with Crippen LogP contribution in [0.5, 0.6) is 0 Å². The molecule has 0 saturated heterocycles. The Kier molecular flexibility index (Phi) is 11.0. The van der Waals surface area contributed by atoms with Gasteiger partial charge in [0.2, 0.25) is 5.91 Å². The van der Waals surface area contributed by atoms with E-state index in [0.29, 0.717) is 24.6 Å². The van der Waals surface area contributed by atoms with Crippen molar-refractivity contribution < 1.29 is 14.7 Å². The number of nitrogens with zero attached hydrogens (tertiary/aromatic N) is 2. The van der Waals surface area contributed by atoms with Crippen LogP contribution >= 0.6 is 0 Å². The Bertz CT molecular complexity index is 977. The molecule has 6 nitrogen and oxygen atoms in total. The molecule has 0 saturated carbocycles. The zero-order valence-corrected chi connectivity index (χ0v) is 22.2. The molecule has 1 aliphatic heterocycles. The lowest BCUT2D eigenvalue weighted by Gasteiger charge is -2.29. The highest BCUT2D eigenvalue weighted by molar-refractivity contribution is 5.97. The van der Waals surface area contributed by atoms with E-state index in [4.69, 9.17) is 0 Å².